The molecule has 0 unspecified atom stereocenters. The zero-order valence-electron chi connectivity index (χ0n) is 15.7. The normalized spacial score (nSPS) is 11.4. The molecule has 8 heteroatoms. The van der Waals surface area contributed by atoms with Crippen LogP contribution in [0.1, 0.15) is 25.0 Å². The predicted molar refractivity (Wildman–Crippen MR) is 109 cm³/mol. The van der Waals surface area contributed by atoms with E-state index in [0.717, 1.165) is 0 Å². The summed E-state index contributed by atoms with van der Waals surface area (Å²) in [6.07, 6.45) is 0. The zero-order valence-corrected chi connectivity index (χ0v) is 17.3. The Balaban J connectivity index is 2.21. The Morgan fingerprint density at radius 3 is 2.36 bits per heavy atom. The second kappa shape index (κ2) is 10.2. The van der Waals surface area contributed by atoms with Gasteiger partial charge in [0.15, 0.2) is 11.5 Å². The highest BCUT2D eigenvalue weighted by Crippen LogP contribution is 2.37. The molecule has 0 spiro atoms. The molecule has 0 aromatic heterocycles. The second-order valence-corrected chi connectivity index (χ2v) is 7.11. The maximum Gasteiger partial charge on any atom is 0.358 e. The highest BCUT2D eigenvalue weighted by molar-refractivity contribution is 6.42. The van der Waals surface area contributed by atoms with Gasteiger partial charge in [-0.3, -0.25) is 0 Å². The van der Waals surface area contributed by atoms with Crippen molar-refractivity contribution in [3.05, 3.63) is 57.6 Å². The first-order chi connectivity index (χ1) is 13.3. The molecule has 0 aliphatic heterocycles. The van der Waals surface area contributed by atoms with Crippen LogP contribution >= 0.6 is 23.2 Å². The highest BCUT2D eigenvalue weighted by Gasteiger charge is 2.18. The molecule has 150 valence electrons. The Bertz CT molecular complexity index is 844. The summed E-state index contributed by atoms with van der Waals surface area (Å²) in [5.74, 6) is -0.0313. The third kappa shape index (κ3) is 5.78. The molecule has 2 aromatic rings. The summed E-state index contributed by atoms with van der Waals surface area (Å²) < 4.78 is 11.4. The Hall–Kier alpha value is -2.44. The number of nitrogens with zero attached hydrogens (tertiary/aromatic N) is 1. The Labute approximate surface area is 173 Å². The van der Waals surface area contributed by atoms with Crippen LogP contribution in [0.2, 0.25) is 10.0 Å². The van der Waals surface area contributed by atoms with Gasteiger partial charge in [0.05, 0.1) is 16.7 Å². The number of carbonyl (C=O) groups is 1. The number of aliphatic carboxylic acids is 1. The topological polar surface area (TPSA) is 77.4 Å². The van der Waals surface area contributed by atoms with Crippen LogP contribution in [0, 0.1) is 5.92 Å². The van der Waals surface area contributed by atoms with Gasteiger partial charge < -0.3 is 19.4 Å². The minimum absolute atomic E-state index is 0.0883. The van der Waals surface area contributed by atoms with Gasteiger partial charge in [-0.1, -0.05) is 66.5 Å². The lowest BCUT2D eigenvalue weighted by atomic mass is 10.0. The largest absolute Gasteiger partial charge is 0.490 e. The monoisotopic (exact) mass is 425 g/mol. The van der Waals surface area contributed by atoms with Crippen LogP contribution in [0.15, 0.2) is 41.6 Å². The molecule has 0 aliphatic rings. The number of hydrogen-bond donors (Lipinski definition) is 1. The van der Waals surface area contributed by atoms with Crippen LogP contribution in [0.3, 0.4) is 0 Å². The first kappa shape index (κ1) is 21.9. The fourth-order valence-electron chi connectivity index (χ4n) is 2.34. The molecular formula is C20H21Cl2NO5. The average molecular weight is 426 g/mol. The minimum atomic E-state index is -1.20. The first-order valence-corrected chi connectivity index (χ1v) is 9.26. The van der Waals surface area contributed by atoms with Crippen molar-refractivity contribution in [2.24, 2.45) is 11.1 Å². The molecule has 28 heavy (non-hydrogen) atoms. The summed E-state index contributed by atoms with van der Waals surface area (Å²) >= 11 is 12.5. The number of halogens is 2. The molecule has 0 atom stereocenters. The van der Waals surface area contributed by atoms with E-state index in [1.54, 1.807) is 36.4 Å². The highest BCUT2D eigenvalue weighted by atomic mass is 35.5. The third-order valence-corrected chi connectivity index (χ3v) is 4.15. The van der Waals surface area contributed by atoms with Gasteiger partial charge in [0.25, 0.3) is 0 Å². The van der Waals surface area contributed by atoms with E-state index < -0.39 is 5.97 Å². The summed E-state index contributed by atoms with van der Waals surface area (Å²) in [5.41, 5.74) is 0.800. The van der Waals surface area contributed by atoms with E-state index in [2.05, 4.69) is 9.99 Å². The first-order valence-electron chi connectivity index (χ1n) is 8.50. The van der Waals surface area contributed by atoms with Crippen molar-refractivity contribution in [3.8, 4) is 11.5 Å². The van der Waals surface area contributed by atoms with Crippen LogP contribution in [-0.4, -0.2) is 30.5 Å². The summed E-state index contributed by atoms with van der Waals surface area (Å²) in [6, 6.07) is 10.1. The van der Waals surface area contributed by atoms with E-state index in [1.807, 2.05) is 13.8 Å². The molecule has 0 aliphatic carbocycles. The standard InChI is InChI=1S/C20H21Cl2NO5/c1-12(2)10-28-19-16(21)8-14(9-17(19)22)27-11-13-6-4-5-7-15(13)18(20(24)25)23-26-3/h4-9,12H,10-11H2,1-3H3,(H,24,25). The predicted octanol–water partition coefficient (Wildman–Crippen LogP) is 5.04. The Kier molecular flexibility index (Phi) is 7.96. The molecule has 1 N–H and O–H groups in total. The van der Waals surface area contributed by atoms with Crippen LogP contribution in [0.4, 0.5) is 0 Å². The van der Waals surface area contributed by atoms with Crippen LogP contribution in [-0.2, 0) is 16.2 Å². The van der Waals surface area contributed by atoms with Crippen LogP contribution in [0.5, 0.6) is 11.5 Å². The molecule has 0 saturated heterocycles. The van der Waals surface area contributed by atoms with Gasteiger partial charge in [-0.15, -0.1) is 0 Å². The van der Waals surface area contributed by atoms with E-state index in [0.29, 0.717) is 45.2 Å². The van der Waals surface area contributed by atoms with Gasteiger partial charge in [0, 0.05) is 17.7 Å². The molecule has 6 nitrogen and oxygen atoms in total. The molecule has 2 aromatic carbocycles. The third-order valence-electron chi connectivity index (χ3n) is 3.58. The molecule has 0 saturated carbocycles. The summed E-state index contributed by atoms with van der Waals surface area (Å²) in [7, 11) is 1.29. The zero-order chi connectivity index (χ0) is 20.7. The van der Waals surface area contributed by atoms with Crippen molar-refractivity contribution in [2.45, 2.75) is 20.5 Å². The Morgan fingerprint density at radius 1 is 1.14 bits per heavy atom. The van der Waals surface area contributed by atoms with E-state index in [9.17, 15) is 9.90 Å². The second-order valence-electron chi connectivity index (χ2n) is 6.29. The molecule has 2 rings (SSSR count). The number of carboxylic acids is 1. The van der Waals surface area contributed by atoms with E-state index in [4.69, 9.17) is 32.7 Å². The Morgan fingerprint density at radius 2 is 1.79 bits per heavy atom. The smallest absolute Gasteiger partial charge is 0.358 e. The van der Waals surface area contributed by atoms with Crippen molar-refractivity contribution in [1.82, 2.24) is 0 Å². The molecule has 0 amide bonds. The van der Waals surface area contributed by atoms with Crippen molar-refractivity contribution in [3.63, 3.8) is 0 Å². The van der Waals surface area contributed by atoms with Crippen LogP contribution < -0.4 is 9.47 Å². The van der Waals surface area contributed by atoms with Gasteiger partial charge in [-0.25, -0.2) is 4.79 Å². The minimum Gasteiger partial charge on any atom is -0.490 e. The summed E-state index contributed by atoms with van der Waals surface area (Å²) in [6.45, 7) is 4.62. The maximum atomic E-state index is 11.5. The van der Waals surface area contributed by atoms with Crippen LogP contribution in [0.25, 0.3) is 0 Å². The van der Waals surface area contributed by atoms with E-state index in [1.165, 1.54) is 7.11 Å². The van der Waals surface area contributed by atoms with Crippen molar-refractivity contribution in [1.29, 1.82) is 0 Å². The van der Waals surface area contributed by atoms with Crippen molar-refractivity contribution >= 4 is 34.9 Å². The van der Waals surface area contributed by atoms with Gasteiger partial charge in [-0.05, 0) is 11.5 Å². The molecule has 0 heterocycles. The lowest BCUT2D eigenvalue weighted by Gasteiger charge is -2.15. The maximum absolute atomic E-state index is 11.5. The fourth-order valence-corrected chi connectivity index (χ4v) is 2.92. The lowest BCUT2D eigenvalue weighted by Crippen LogP contribution is -2.17. The van der Waals surface area contributed by atoms with Crippen molar-refractivity contribution < 1.29 is 24.2 Å². The molecule has 0 fully saturated rings. The fraction of sp³-hybridized carbons (Fsp3) is 0.300. The quantitative estimate of drug-likeness (QED) is 0.449. The number of hydrogen-bond acceptors (Lipinski definition) is 5. The molecular weight excluding hydrogens is 405 g/mol. The van der Waals surface area contributed by atoms with Gasteiger partial charge in [0.1, 0.15) is 19.5 Å². The summed E-state index contributed by atoms with van der Waals surface area (Å²) in [4.78, 5) is 16.1. The number of benzene rings is 2. The number of carboxylic acid groups (broad SMARTS) is 1. The SMILES string of the molecule is CON=C(C(=O)O)c1ccccc1COc1cc(Cl)c(OCC(C)C)c(Cl)c1. The number of ether oxygens (including phenoxy) is 2. The van der Waals surface area contributed by atoms with E-state index >= 15 is 0 Å². The average Bonchev–Trinajstić information content (AvgIpc) is 2.63. The van der Waals surface area contributed by atoms with Crippen molar-refractivity contribution in [2.75, 3.05) is 13.7 Å². The summed E-state index contributed by atoms with van der Waals surface area (Å²) in [5, 5.41) is 13.6. The van der Waals surface area contributed by atoms with Gasteiger partial charge in [0.2, 0.25) is 0 Å². The number of rotatable bonds is 9. The molecule has 0 bridgehead atoms. The van der Waals surface area contributed by atoms with Gasteiger partial charge in [-0.2, -0.15) is 0 Å². The lowest BCUT2D eigenvalue weighted by molar-refractivity contribution is -0.129. The number of oxime groups is 1. The molecule has 0 radical (unpaired) electrons. The van der Waals surface area contributed by atoms with E-state index in [-0.39, 0.29) is 12.3 Å². The van der Waals surface area contributed by atoms with Gasteiger partial charge >= 0.3 is 5.97 Å².